The first-order chi connectivity index (χ1) is 7.15. The van der Waals surface area contributed by atoms with Gasteiger partial charge in [0.2, 0.25) is 0 Å². The highest BCUT2D eigenvalue weighted by Crippen LogP contribution is 2.18. The molecule has 1 aromatic carbocycles. The molecule has 15 heavy (non-hydrogen) atoms. The van der Waals surface area contributed by atoms with E-state index in [2.05, 4.69) is 10.2 Å². The van der Waals surface area contributed by atoms with Crippen molar-refractivity contribution in [1.82, 2.24) is 10.2 Å². The Morgan fingerprint density at radius 1 is 1.07 bits per heavy atom. The van der Waals surface area contributed by atoms with Crippen LogP contribution < -0.4 is 0 Å². The topological polar surface area (TPSA) is 28.7 Å². The van der Waals surface area contributed by atoms with Crippen molar-refractivity contribution in [2.45, 2.75) is 0 Å². The van der Waals surface area contributed by atoms with Crippen LogP contribution in [0.15, 0.2) is 30.3 Å². The van der Waals surface area contributed by atoms with Crippen molar-refractivity contribution in [2.75, 3.05) is 0 Å². The van der Waals surface area contributed by atoms with Crippen molar-refractivity contribution in [1.29, 1.82) is 0 Å². The second kappa shape index (κ2) is 3.86. The molecule has 0 radical (unpaired) electrons. The number of nitrogens with zero attached hydrogens (tertiary/aromatic N) is 1. The SMILES string of the molecule is Fc1cc(F)cc(-c2ccc(=S)[nH]n2)c1. The van der Waals surface area contributed by atoms with Crippen LogP contribution in [0.3, 0.4) is 0 Å². The third-order valence-electron chi connectivity index (χ3n) is 1.84. The van der Waals surface area contributed by atoms with Gasteiger partial charge in [-0.15, -0.1) is 0 Å². The molecule has 0 saturated heterocycles. The van der Waals surface area contributed by atoms with Crippen LogP contribution in [0, 0.1) is 16.3 Å². The van der Waals surface area contributed by atoms with Crippen LogP contribution in [0.1, 0.15) is 0 Å². The lowest BCUT2D eigenvalue weighted by Crippen LogP contribution is -1.89. The number of aromatic amines is 1. The number of aromatic nitrogens is 2. The molecule has 0 fully saturated rings. The smallest absolute Gasteiger partial charge is 0.126 e. The summed E-state index contributed by atoms with van der Waals surface area (Å²) in [6.07, 6.45) is 0. The number of halogens is 2. The van der Waals surface area contributed by atoms with E-state index in [1.54, 1.807) is 12.1 Å². The van der Waals surface area contributed by atoms with Gasteiger partial charge in [0.15, 0.2) is 0 Å². The molecule has 0 aliphatic rings. The van der Waals surface area contributed by atoms with Crippen molar-refractivity contribution in [3.05, 3.63) is 46.6 Å². The predicted molar refractivity (Wildman–Crippen MR) is 54.8 cm³/mol. The minimum absolute atomic E-state index is 0.374. The predicted octanol–water partition coefficient (Wildman–Crippen LogP) is 3.08. The monoisotopic (exact) mass is 224 g/mol. The van der Waals surface area contributed by atoms with Crippen LogP contribution in [-0.2, 0) is 0 Å². The third-order valence-corrected chi connectivity index (χ3v) is 2.06. The highest BCUT2D eigenvalue weighted by atomic mass is 32.1. The molecule has 0 atom stereocenters. The Morgan fingerprint density at radius 3 is 2.27 bits per heavy atom. The molecule has 0 aliphatic heterocycles. The molecule has 0 bridgehead atoms. The molecular formula is C10H6F2N2S. The van der Waals surface area contributed by atoms with Gasteiger partial charge in [-0.25, -0.2) is 8.78 Å². The zero-order valence-electron chi connectivity index (χ0n) is 7.50. The highest BCUT2D eigenvalue weighted by molar-refractivity contribution is 7.71. The third kappa shape index (κ3) is 2.24. The van der Waals surface area contributed by atoms with Gasteiger partial charge in [0.05, 0.1) is 5.69 Å². The number of rotatable bonds is 1. The van der Waals surface area contributed by atoms with E-state index in [-0.39, 0.29) is 0 Å². The summed E-state index contributed by atoms with van der Waals surface area (Å²) in [6.45, 7) is 0. The van der Waals surface area contributed by atoms with E-state index in [0.717, 1.165) is 6.07 Å². The van der Waals surface area contributed by atoms with Crippen LogP contribution in [0.5, 0.6) is 0 Å². The van der Waals surface area contributed by atoms with Gasteiger partial charge in [-0.05, 0) is 24.3 Å². The van der Waals surface area contributed by atoms with E-state index in [1.165, 1.54) is 12.1 Å². The number of H-pyrrole nitrogens is 1. The Balaban J connectivity index is 2.53. The largest absolute Gasteiger partial charge is 0.267 e. The van der Waals surface area contributed by atoms with Gasteiger partial charge in [0.1, 0.15) is 16.3 Å². The summed E-state index contributed by atoms with van der Waals surface area (Å²) in [5.41, 5.74) is 0.820. The quantitative estimate of drug-likeness (QED) is 0.754. The van der Waals surface area contributed by atoms with E-state index in [9.17, 15) is 8.78 Å². The minimum atomic E-state index is -0.630. The molecular weight excluding hydrogens is 218 g/mol. The maximum absolute atomic E-state index is 12.9. The Kier molecular flexibility index (Phi) is 2.55. The van der Waals surface area contributed by atoms with Gasteiger partial charge in [0.25, 0.3) is 0 Å². The van der Waals surface area contributed by atoms with E-state index in [4.69, 9.17) is 12.2 Å². The molecule has 76 valence electrons. The van der Waals surface area contributed by atoms with Crippen molar-refractivity contribution in [2.24, 2.45) is 0 Å². The standard InChI is InChI=1S/C10H6F2N2S/c11-7-3-6(4-8(12)5-7)9-1-2-10(15)14-13-9/h1-5H,(H,14,15). The number of nitrogens with one attached hydrogen (secondary N) is 1. The first-order valence-corrected chi connectivity index (χ1v) is 4.58. The zero-order chi connectivity index (χ0) is 10.8. The average Bonchev–Trinajstić information content (AvgIpc) is 2.17. The van der Waals surface area contributed by atoms with Gasteiger partial charge in [0, 0.05) is 11.6 Å². The molecule has 2 aromatic rings. The van der Waals surface area contributed by atoms with E-state index in [1.807, 2.05) is 0 Å². The zero-order valence-corrected chi connectivity index (χ0v) is 8.31. The van der Waals surface area contributed by atoms with Gasteiger partial charge >= 0.3 is 0 Å². The molecule has 1 N–H and O–H groups in total. The molecule has 0 amide bonds. The number of hydrogen-bond donors (Lipinski definition) is 1. The maximum Gasteiger partial charge on any atom is 0.126 e. The van der Waals surface area contributed by atoms with Crippen LogP contribution in [0.4, 0.5) is 8.78 Å². The van der Waals surface area contributed by atoms with Gasteiger partial charge in [-0.2, -0.15) is 5.10 Å². The summed E-state index contributed by atoms with van der Waals surface area (Å²) < 4.78 is 26.3. The lowest BCUT2D eigenvalue weighted by atomic mass is 10.1. The summed E-state index contributed by atoms with van der Waals surface area (Å²) in [5.74, 6) is -1.26. The summed E-state index contributed by atoms with van der Waals surface area (Å²) in [6, 6.07) is 6.45. The van der Waals surface area contributed by atoms with E-state index in [0.29, 0.717) is 15.9 Å². The second-order valence-corrected chi connectivity index (χ2v) is 3.40. The second-order valence-electron chi connectivity index (χ2n) is 2.96. The molecule has 2 rings (SSSR count). The average molecular weight is 224 g/mol. The van der Waals surface area contributed by atoms with Gasteiger partial charge in [-0.3, -0.25) is 5.10 Å². The highest BCUT2D eigenvalue weighted by Gasteiger charge is 2.03. The lowest BCUT2D eigenvalue weighted by molar-refractivity contribution is 0.584. The van der Waals surface area contributed by atoms with Gasteiger partial charge < -0.3 is 0 Å². The summed E-state index contributed by atoms with van der Waals surface area (Å²) in [4.78, 5) is 0. The number of hydrogen-bond acceptors (Lipinski definition) is 2. The molecule has 1 heterocycles. The molecule has 2 nitrogen and oxygen atoms in total. The summed E-state index contributed by atoms with van der Waals surface area (Å²) in [5, 5.41) is 6.43. The van der Waals surface area contributed by atoms with E-state index >= 15 is 0 Å². The minimum Gasteiger partial charge on any atom is -0.267 e. The fourth-order valence-corrected chi connectivity index (χ4v) is 1.32. The lowest BCUT2D eigenvalue weighted by Gasteiger charge is -2.00. The van der Waals surface area contributed by atoms with Crippen molar-refractivity contribution >= 4 is 12.2 Å². The number of benzene rings is 1. The van der Waals surface area contributed by atoms with Crippen molar-refractivity contribution in [3.8, 4) is 11.3 Å². The fourth-order valence-electron chi connectivity index (χ4n) is 1.21. The van der Waals surface area contributed by atoms with Crippen LogP contribution in [0.25, 0.3) is 11.3 Å². The van der Waals surface area contributed by atoms with Crippen molar-refractivity contribution in [3.63, 3.8) is 0 Å². The first kappa shape index (κ1) is 9.92. The summed E-state index contributed by atoms with van der Waals surface area (Å²) >= 11 is 4.81. The van der Waals surface area contributed by atoms with Crippen molar-refractivity contribution < 1.29 is 8.78 Å². The van der Waals surface area contributed by atoms with Crippen LogP contribution >= 0.6 is 12.2 Å². The summed E-state index contributed by atoms with van der Waals surface area (Å²) in [7, 11) is 0. The molecule has 0 saturated carbocycles. The molecule has 0 spiro atoms. The maximum atomic E-state index is 12.9. The Bertz CT molecular complexity index is 511. The Labute approximate surface area is 89.6 Å². The Morgan fingerprint density at radius 2 is 1.73 bits per heavy atom. The normalized spacial score (nSPS) is 10.3. The van der Waals surface area contributed by atoms with Crippen LogP contribution in [0.2, 0.25) is 0 Å². The Hall–Kier alpha value is -1.62. The van der Waals surface area contributed by atoms with Gasteiger partial charge in [-0.1, -0.05) is 12.2 Å². The van der Waals surface area contributed by atoms with Crippen LogP contribution in [-0.4, -0.2) is 10.2 Å². The van der Waals surface area contributed by atoms with E-state index < -0.39 is 11.6 Å². The first-order valence-electron chi connectivity index (χ1n) is 4.17. The molecule has 0 aliphatic carbocycles. The fraction of sp³-hybridized carbons (Fsp3) is 0. The molecule has 0 unspecified atom stereocenters. The molecule has 5 heteroatoms. The molecule has 1 aromatic heterocycles.